The largest absolute Gasteiger partial charge is 0.489 e. The number of halogens is 2. The summed E-state index contributed by atoms with van der Waals surface area (Å²) >= 11 is 11.9. The molecule has 2 rings (SSSR count). The van der Waals surface area contributed by atoms with Crippen LogP contribution >= 0.6 is 23.2 Å². The van der Waals surface area contributed by atoms with Gasteiger partial charge in [-0.3, -0.25) is 4.79 Å². The molecule has 0 heterocycles. The second-order valence-electron chi connectivity index (χ2n) is 6.12. The van der Waals surface area contributed by atoms with E-state index in [4.69, 9.17) is 33.0 Å². The first-order valence-corrected chi connectivity index (χ1v) is 8.67. The lowest BCUT2D eigenvalue weighted by atomic mass is 10.1. The topological polar surface area (TPSA) is 49.8 Å². The Morgan fingerprint density at radius 3 is 2.36 bits per heavy atom. The summed E-state index contributed by atoms with van der Waals surface area (Å²) in [6.45, 7) is 3.31. The van der Waals surface area contributed by atoms with E-state index in [1.165, 1.54) is 0 Å². The van der Waals surface area contributed by atoms with Crippen molar-refractivity contribution in [3.8, 4) is 5.75 Å². The summed E-state index contributed by atoms with van der Waals surface area (Å²) in [4.78, 5) is 12.9. The lowest BCUT2D eigenvalue weighted by Crippen LogP contribution is -2.28. The molecule has 25 heavy (non-hydrogen) atoms. The molecule has 0 aliphatic carbocycles. The van der Waals surface area contributed by atoms with Gasteiger partial charge in [0.15, 0.2) is 0 Å². The molecule has 0 saturated heterocycles. The van der Waals surface area contributed by atoms with Gasteiger partial charge in [-0.25, -0.2) is 0 Å². The van der Waals surface area contributed by atoms with Crippen molar-refractivity contribution in [1.82, 2.24) is 4.90 Å². The minimum Gasteiger partial charge on any atom is -0.489 e. The number of carboxylic acid groups (broad SMARTS) is 1. The zero-order chi connectivity index (χ0) is 18.4. The predicted octanol–water partition coefficient (Wildman–Crippen LogP) is 4.72. The number of benzene rings is 2. The Kier molecular flexibility index (Phi) is 7.12. The van der Waals surface area contributed by atoms with Gasteiger partial charge < -0.3 is 14.7 Å². The maximum Gasteiger partial charge on any atom is 0.307 e. The molecular weight excluding hydrogens is 361 g/mol. The van der Waals surface area contributed by atoms with Crippen LogP contribution in [0.1, 0.15) is 18.1 Å². The summed E-state index contributed by atoms with van der Waals surface area (Å²) in [7, 11) is 1.91. The standard InChI is InChI=1S/C19H21Cl2NO3/c1-13(19(23)24)10-22(2)11-14-3-6-16(7-4-14)25-12-15-5-8-17(20)18(21)9-15/h3-9,13H,10-12H2,1-2H3,(H,23,24). The van der Waals surface area contributed by atoms with E-state index in [2.05, 4.69) is 0 Å². The third-order valence-electron chi connectivity index (χ3n) is 3.77. The molecule has 0 radical (unpaired) electrons. The first-order valence-electron chi connectivity index (χ1n) is 7.92. The van der Waals surface area contributed by atoms with E-state index < -0.39 is 5.97 Å². The summed E-state index contributed by atoms with van der Waals surface area (Å²) in [6.07, 6.45) is 0. The molecule has 134 valence electrons. The first kappa shape index (κ1) is 19.6. The third-order valence-corrected chi connectivity index (χ3v) is 4.51. The second-order valence-corrected chi connectivity index (χ2v) is 6.93. The number of hydrogen-bond donors (Lipinski definition) is 1. The van der Waals surface area contributed by atoms with E-state index in [-0.39, 0.29) is 5.92 Å². The number of rotatable bonds is 8. The lowest BCUT2D eigenvalue weighted by molar-refractivity contribution is -0.141. The molecule has 0 aliphatic heterocycles. The van der Waals surface area contributed by atoms with Crippen molar-refractivity contribution in [2.45, 2.75) is 20.1 Å². The zero-order valence-electron chi connectivity index (χ0n) is 14.2. The van der Waals surface area contributed by atoms with Crippen molar-refractivity contribution < 1.29 is 14.6 Å². The average molecular weight is 382 g/mol. The van der Waals surface area contributed by atoms with Crippen LogP contribution in [0.4, 0.5) is 0 Å². The van der Waals surface area contributed by atoms with Gasteiger partial charge in [-0.1, -0.05) is 48.3 Å². The van der Waals surface area contributed by atoms with Crippen molar-refractivity contribution in [3.63, 3.8) is 0 Å². The van der Waals surface area contributed by atoms with Crippen molar-refractivity contribution in [3.05, 3.63) is 63.6 Å². The summed E-state index contributed by atoms with van der Waals surface area (Å²) in [5.74, 6) is -0.409. The molecule has 1 unspecified atom stereocenters. The monoisotopic (exact) mass is 381 g/mol. The first-order chi connectivity index (χ1) is 11.8. The molecule has 0 bridgehead atoms. The molecule has 0 fully saturated rings. The van der Waals surface area contributed by atoms with Crippen molar-refractivity contribution in [2.24, 2.45) is 5.92 Å². The van der Waals surface area contributed by atoms with Crippen LogP contribution in [0, 0.1) is 5.92 Å². The summed E-state index contributed by atoms with van der Waals surface area (Å²) in [5.41, 5.74) is 2.04. The van der Waals surface area contributed by atoms with E-state index in [1.54, 1.807) is 19.1 Å². The van der Waals surface area contributed by atoms with E-state index in [0.717, 1.165) is 16.9 Å². The molecule has 6 heteroatoms. The quantitative estimate of drug-likeness (QED) is 0.718. The summed E-state index contributed by atoms with van der Waals surface area (Å²) in [6, 6.07) is 13.2. The molecule has 2 aromatic rings. The van der Waals surface area contributed by atoms with Crippen LogP contribution in [0.15, 0.2) is 42.5 Å². The summed E-state index contributed by atoms with van der Waals surface area (Å²) < 4.78 is 5.75. The van der Waals surface area contributed by atoms with Gasteiger partial charge in [0.2, 0.25) is 0 Å². The van der Waals surface area contributed by atoms with Gasteiger partial charge in [0, 0.05) is 13.1 Å². The Hall–Kier alpha value is -1.75. The van der Waals surface area contributed by atoms with E-state index in [1.807, 2.05) is 42.3 Å². The molecule has 0 saturated carbocycles. The third kappa shape index (κ3) is 6.24. The van der Waals surface area contributed by atoms with Gasteiger partial charge in [-0.2, -0.15) is 0 Å². The van der Waals surface area contributed by atoms with Gasteiger partial charge in [0.1, 0.15) is 12.4 Å². The fraction of sp³-hybridized carbons (Fsp3) is 0.316. The lowest BCUT2D eigenvalue weighted by Gasteiger charge is -2.19. The molecule has 0 aromatic heterocycles. The fourth-order valence-electron chi connectivity index (χ4n) is 2.41. The Labute approximate surface area is 157 Å². The van der Waals surface area contributed by atoms with E-state index >= 15 is 0 Å². The minimum absolute atomic E-state index is 0.390. The van der Waals surface area contributed by atoms with Crippen LogP contribution in [-0.4, -0.2) is 29.6 Å². The zero-order valence-corrected chi connectivity index (χ0v) is 15.7. The van der Waals surface area contributed by atoms with Gasteiger partial charge in [0.05, 0.1) is 16.0 Å². The fourth-order valence-corrected chi connectivity index (χ4v) is 2.73. The number of nitrogens with zero attached hydrogens (tertiary/aromatic N) is 1. The van der Waals surface area contributed by atoms with Crippen molar-refractivity contribution in [2.75, 3.05) is 13.6 Å². The van der Waals surface area contributed by atoms with E-state index in [0.29, 0.717) is 29.7 Å². The highest BCUT2D eigenvalue weighted by Gasteiger charge is 2.13. The SMILES string of the molecule is CC(CN(C)Cc1ccc(OCc2ccc(Cl)c(Cl)c2)cc1)C(=O)O. The Bertz CT molecular complexity index is 719. The maximum absolute atomic E-state index is 10.9. The maximum atomic E-state index is 10.9. The molecule has 1 N–H and O–H groups in total. The van der Waals surface area contributed by atoms with Gasteiger partial charge in [-0.05, 0) is 42.4 Å². The van der Waals surface area contributed by atoms with E-state index in [9.17, 15) is 4.79 Å². The van der Waals surface area contributed by atoms with Crippen LogP contribution < -0.4 is 4.74 Å². The molecular formula is C19H21Cl2NO3. The Morgan fingerprint density at radius 1 is 1.12 bits per heavy atom. The minimum atomic E-state index is -0.780. The highest BCUT2D eigenvalue weighted by atomic mass is 35.5. The number of carboxylic acids is 1. The van der Waals surface area contributed by atoms with Crippen molar-refractivity contribution in [1.29, 1.82) is 0 Å². The van der Waals surface area contributed by atoms with Crippen LogP contribution in [0.3, 0.4) is 0 Å². The number of ether oxygens (including phenoxy) is 1. The van der Waals surface area contributed by atoms with Gasteiger partial charge in [-0.15, -0.1) is 0 Å². The smallest absolute Gasteiger partial charge is 0.307 e. The van der Waals surface area contributed by atoms with Crippen LogP contribution in [0.25, 0.3) is 0 Å². The van der Waals surface area contributed by atoms with Crippen LogP contribution in [0.5, 0.6) is 5.75 Å². The van der Waals surface area contributed by atoms with Crippen LogP contribution in [-0.2, 0) is 17.9 Å². The molecule has 4 nitrogen and oxygen atoms in total. The second kappa shape index (κ2) is 9.09. The Morgan fingerprint density at radius 2 is 1.76 bits per heavy atom. The highest BCUT2D eigenvalue weighted by Crippen LogP contribution is 2.23. The molecule has 0 aliphatic rings. The van der Waals surface area contributed by atoms with Crippen LogP contribution in [0.2, 0.25) is 10.0 Å². The van der Waals surface area contributed by atoms with Gasteiger partial charge in [0.25, 0.3) is 0 Å². The molecule has 0 amide bonds. The van der Waals surface area contributed by atoms with Crippen molar-refractivity contribution >= 4 is 29.2 Å². The normalized spacial score (nSPS) is 12.2. The molecule has 2 aromatic carbocycles. The number of carbonyl (C=O) groups is 1. The summed E-state index contributed by atoms with van der Waals surface area (Å²) in [5, 5.41) is 9.99. The molecule has 1 atom stereocenters. The number of hydrogen-bond acceptors (Lipinski definition) is 3. The van der Waals surface area contributed by atoms with Gasteiger partial charge >= 0.3 is 5.97 Å². The highest BCUT2D eigenvalue weighted by molar-refractivity contribution is 6.42. The molecule has 0 spiro atoms. The predicted molar refractivity (Wildman–Crippen MR) is 100 cm³/mol. The average Bonchev–Trinajstić information content (AvgIpc) is 2.57. The Balaban J connectivity index is 1.86. The number of aliphatic carboxylic acids is 1.